The predicted molar refractivity (Wildman–Crippen MR) is 97.7 cm³/mol. The van der Waals surface area contributed by atoms with E-state index in [0.717, 1.165) is 67.2 Å². The van der Waals surface area contributed by atoms with Crippen LogP contribution in [0, 0.1) is 5.82 Å². The zero-order valence-electron chi connectivity index (χ0n) is 14.0. The largest absolute Gasteiger partial charge is 0.356 e. The Morgan fingerprint density at radius 1 is 1.08 bits per heavy atom. The molecule has 26 heavy (non-hydrogen) atoms. The van der Waals surface area contributed by atoms with Gasteiger partial charge >= 0.3 is 0 Å². The molecule has 0 unspecified atom stereocenters. The van der Waals surface area contributed by atoms with Crippen molar-refractivity contribution in [2.24, 2.45) is 0 Å². The number of halogens is 2. The molecule has 3 heterocycles. The third-order valence-corrected chi connectivity index (χ3v) is 5.78. The van der Waals surface area contributed by atoms with E-state index < -0.39 is 0 Å². The van der Waals surface area contributed by atoms with Crippen molar-refractivity contribution in [1.82, 2.24) is 20.1 Å². The molecule has 1 aliphatic carbocycles. The molecule has 3 aromatic rings. The second-order valence-corrected chi connectivity index (χ2v) is 7.86. The predicted octanol–water partition coefficient (Wildman–Crippen LogP) is 4.18. The highest BCUT2D eigenvalue weighted by Gasteiger charge is 2.32. The fourth-order valence-corrected chi connectivity index (χ4v) is 4.12. The van der Waals surface area contributed by atoms with E-state index in [2.05, 4.69) is 40.9 Å². The Morgan fingerprint density at radius 3 is 2.65 bits per heavy atom. The molecule has 134 valence electrons. The molecule has 1 saturated heterocycles. The lowest BCUT2D eigenvalue weighted by Crippen LogP contribution is -2.34. The zero-order chi connectivity index (χ0) is 17.7. The Labute approximate surface area is 157 Å². The van der Waals surface area contributed by atoms with Crippen LogP contribution < -0.4 is 4.90 Å². The Morgan fingerprint density at radius 2 is 1.88 bits per heavy atom. The SMILES string of the molecule is Fc1cc(Br)c2ncnc(N3CCC(c4noc(C5CC5)n4)CC3)c2c1. The average Bonchev–Trinajstić information content (AvgIpc) is 3.38. The standard InChI is InChI=1S/C18H17BrFN5O/c19-14-8-12(20)7-13-15(14)21-9-22-17(13)25-5-3-10(4-6-25)16-23-18(26-24-16)11-1-2-11/h7-11H,1-6H2. The van der Waals surface area contributed by atoms with Gasteiger partial charge in [-0.1, -0.05) is 5.16 Å². The lowest BCUT2D eigenvalue weighted by molar-refractivity contribution is 0.365. The number of benzene rings is 1. The van der Waals surface area contributed by atoms with Crippen molar-refractivity contribution in [2.45, 2.75) is 37.5 Å². The van der Waals surface area contributed by atoms with E-state index in [1.54, 1.807) is 0 Å². The van der Waals surface area contributed by atoms with Gasteiger partial charge in [0.05, 0.1) is 5.52 Å². The van der Waals surface area contributed by atoms with Crippen molar-refractivity contribution in [2.75, 3.05) is 18.0 Å². The summed E-state index contributed by atoms with van der Waals surface area (Å²) in [4.78, 5) is 15.5. The van der Waals surface area contributed by atoms with Crippen LogP contribution in [0.5, 0.6) is 0 Å². The minimum Gasteiger partial charge on any atom is -0.356 e. The van der Waals surface area contributed by atoms with Crippen molar-refractivity contribution in [3.8, 4) is 0 Å². The van der Waals surface area contributed by atoms with Crippen LogP contribution in [-0.4, -0.2) is 33.2 Å². The zero-order valence-corrected chi connectivity index (χ0v) is 15.6. The molecule has 0 radical (unpaired) electrons. The number of piperidine rings is 1. The Hall–Kier alpha value is -2.09. The maximum atomic E-state index is 13.9. The van der Waals surface area contributed by atoms with Crippen LogP contribution in [0.3, 0.4) is 0 Å². The first-order chi connectivity index (χ1) is 12.7. The monoisotopic (exact) mass is 417 g/mol. The molecular formula is C18H17BrFN5O. The molecule has 2 aliphatic rings. The number of rotatable bonds is 3. The van der Waals surface area contributed by atoms with E-state index in [1.165, 1.54) is 18.5 Å². The fraction of sp³-hybridized carbons (Fsp3) is 0.444. The third kappa shape index (κ3) is 2.86. The molecule has 6 nitrogen and oxygen atoms in total. The lowest BCUT2D eigenvalue weighted by Gasteiger charge is -2.32. The van der Waals surface area contributed by atoms with Crippen molar-refractivity contribution in [3.63, 3.8) is 0 Å². The van der Waals surface area contributed by atoms with Gasteiger partial charge in [0.2, 0.25) is 5.89 Å². The average molecular weight is 418 g/mol. The summed E-state index contributed by atoms with van der Waals surface area (Å²) in [7, 11) is 0. The molecule has 0 spiro atoms. The quantitative estimate of drug-likeness (QED) is 0.636. The Bertz CT molecular complexity index is 965. The third-order valence-electron chi connectivity index (χ3n) is 5.18. The summed E-state index contributed by atoms with van der Waals surface area (Å²) in [6.45, 7) is 1.64. The van der Waals surface area contributed by atoms with E-state index in [4.69, 9.17) is 4.52 Å². The van der Waals surface area contributed by atoms with Gasteiger partial charge in [-0.3, -0.25) is 0 Å². The highest BCUT2D eigenvalue weighted by Crippen LogP contribution is 2.40. The minimum atomic E-state index is -0.297. The summed E-state index contributed by atoms with van der Waals surface area (Å²) >= 11 is 3.39. The molecule has 0 atom stereocenters. The summed E-state index contributed by atoms with van der Waals surface area (Å²) in [5, 5.41) is 4.92. The molecule has 8 heteroatoms. The molecule has 1 aromatic carbocycles. The first kappa shape index (κ1) is 16.1. The van der Waals surface area contributed by atoms with E-state index in [0.29, 0.717) is 16.3 Å². The van der Waals surface area contributed by atoms with Crippen LogP contribution >= 0.6 is 15.9 Å². The lowest BCUT2D eigenvalue weighted by atomic mass is 9.96. The normalized spacial score (nSPS) is 18.6. The van der Waals surface area contributed by atoms with E-state index in [9.17, 15) is 4.39 Å². The highest BCUT2D eigenvalue weighted by molar-refractivity contribution is 9.10. The summed E-state index contributed by atoms with van der Waals surface area (Å²) in [6.07, 6.45) is 5.70. The van der Waals surface area contributed by atoms with Crippen molar-refractivity contribution < 1.29 is 8.91 Å². The summed E-state index contributed by atoms with van der Waals surface area (Å²) in [5.74, 6) is 2.89. The van der Waals surface area contributed by atoms with Crippen LogP contribution in [0.4, 0.5) is 10.2 Å². The molecule has 0 N–H and O–H groups in total. The van der Waals surface area contributed by atoms with Crippen LogP contribution in [0.1, 0.15) is 49.2 Å². The summed E-state index contributed by atoms with van der Waals surface area (Å²) in [5.41, 5.74) is 0.728. The molecule has 0 bridgehead atoms. The van der Waals surface area contributed by atoms with Gasteiger partial charge in [-0.25, -0.2) is 14.4 Å². The number of anilines is 1. The van der Waals surface area contributed by atoms with Gasteiger partial charge in [-0.2, -0.15) is 4.98 Å². The second kappa shape index (κ2) is 6.26. The van der Waals surface area contributed by atoms with E-state index >= 15 is 0 Å². The van der Waals surface area contributed by atoms with E-state index in [-0.39, 0.29) is 5.82 Å². The number of aromatic nitrogens is 4. The number of hydrogen-bond donors (Lipinski definition) is 0. The van der Waals surface area contributed by atoms with Gasteiger partial charge in [-0.05, 0) is 53.7 Å². The molecular weight excluding hydrogens is 401 g/mol. The number of fused-ring (bicyclic) bond motifs is 1. The van der Waals surface area contributed by atoms with Gasteiger partial charge in [0, 0.05) is 34.8 Å². The van der Waals surface area contributed by atoms with Crippen molar-refractivity contribution in [1.29, 1.82) is 0 Å². The smallest absolute Gasteiger partial charge is 0.229 e. The topological polar surface area (TPSA) is 67.9 Å². The maximum Gasteiger partial charge on any atom is 0.229 e. The Balaban J connectivity index is 1.37. The number of hydrogen-bond acceptors (Lipinski definition) is 6. The minimum absolute atomic E-state index is 0.297. The molecule has 1 aliphatic heterocycles. The Kier molecular flexibility index (Phi) is 3.88. The first-order valence-corrected chi connectivity index (χ1v) is 9.66. The summed E-state index contributed by atoms with van der Waals surface area (Å²) in [6, 6.07) is 2.93. The van der Waals surface area contributed by atoms with E-state index in [1.807, 2.05) is 0 Å². The van der Waals surface area contributed by atoms with Crippen molar-refractivity contribution in [3.05, 3.63) is 40.5 Å². The molecule has 1 saturated carbocycles. The maximum absolute atomic E-state index is 13.9. The van der Waals surface area contributed by atoms with Crippen LogP contribution in [0.15, 0.2) is 27.5 Å². The van der Waals surface area contributed by atoms with Crippen molar-refractivity contribution >= 4 is 32.7 Å². The van der Waals surface area contributed by atoms with Crippen LogP contribution in [0.25, 0.3) is 10.9 Å². The molecule has 2 fully saturated rings. The molecule has 0 amide bonds. The molecule has 2 aromatic heterocycles. The fourth-order valence-electron chi connectivity index (χ4n) is 3.59. The highest BCUT2D eigenvalue weighted by atomic mass is 79.9. The van der Waals surface area contributed by atoms with Gasteiger partial charge in [0.1, 0.15) is 18.0 Å². The van der Waals surface area contributed by atoms with Gasteiger partial charge in [0.15, 0.2) is 5.82 Å². The molecule has 5 rings (SSSR count). The van der Waals surface area contributed by atoms with Gasteiger partial charge < -0.3 is 9.42 Å². The van der Waals surface area contributed by atoms with Crippen LogP contribution in [0.2, 0.25) is 0 Å². The van der Waals surface area contributed by atoms with Gasteiger partial charge in [-0.15, -0.1) is 0 Å². The first-order valence-electron chi connectivity index (χ1n) is 8.87. The van der Waals surface area contributed by atoms with Gasteiger partial charge in [0.25, 0.3) is 0 Å². The number of nitrogens with zero attached hydrogens (tertiary/aromatic N) is 5. The second-order valence-electron chi connectivity index (χ2n) is 7.01. The van der Waals surface area contributed by atoms with Crippen LogP contribution in [-0.2, 0) is 0 Å². The summed E-state index contributed by atoms with van der Waals surface area (Å²) < 4.78 is 19.9.